The summed E-state index contributed by atoms with van der Waals surface area (Å²) in [7, 11) is 0. The van der Waals surface area contributed by atoms with Crippen molar-refractivity contribution >= 4 is 17.4 Å². The van der Waals surface area contributed by atoms with Gasteiger partial charge in [-0.3, -0.25) is 9.59 Å². The van der Waals surface area contributed by atoms with Crippen molar-refractivity contribution in [3.05, 3.63) is 87.8 Å². The van der Waals surface area contributed by atoms with Crippen LogP contribution in [0, 0.1) is 12.3 Å². The molecule has 0 spiro atoms. The molecule has 4 heteroatoms. The summed E-state index contributed by atoms with van der Waals surface area (Å²) in [6, 6.07) is 16.1. The Morgan fingerprint density at radius 1 is 1.06 bits per heavy atom. The highest BCUT2D eigenvalue weighted by Crippen LogP contribution is 2.46. The highest BCUT2D eigenvalue weighted by molar-refractivity contribution is 6.10. The van der Waals surface area contributed by atoms with Crippen molar-refractivity contribution in [3.63, 3.8) is 0 Å². The molecule has 0 bridgehead atoms. The van der Waals surface area contributed by atoms with Crippen molar-refractivity contribution in [2.75, 3.05) is 5.32 Å². The van der Waals surface area contributed by atoms with Gasteiger partial charge >= 0.3 is 0 Å². The van der Waals surface area contributed by atoms with Gasteiger partial charge in [-0.05, 0) is 54.9 Å². The zero-order valence-electron chi connectivity index (χ0n) is 19.6. The Morgan fingerprint density at radius 2 is 1.75 bits per heavy atom. The first-order valence-electron chi connectivity index (χ1n) is 11.4. The van der Waals surface area contributed by atoms with Crippen LogP contribution in [0.2, 0.25) is 0 Å². The maximum Gasteiger partial charge on any atom is 0.254 e. The quantitative estimate of drug-likeness (QED) is 0.647. The molecule has 1 heterocycles. The van der Waals surface area contributed by atoms with Crippen molar-refractivity contribution < 1.29 is 9.59 Å². The first kappa shape index (κ1) is 22.1. The van der Waals surface area contributed by atoms with Crippen LogP contribution in [0.5, 0.6) is 0 Å². The number of para-hydroxylation sites is 1. The first-order chi connectivity index (χ1) is 15.2. The second kappa shape index (κ2) is 8.42. The maximum atomic E-state index is 13.6. The van der Waals surface area contributed by atoms with Gasteiger partial charge in [0.05, 0.1) is 0 Å². The molecule has 1 aliphatic heterocycles. The van der Waals surface area contributed by atoms with E-state index in [9.17, 15) is 9.59 Å². The lowest BCUT2D eigenvalue weighted by Crippen LogP contribution is -2.39. The SMILES string of the molecule is CCc1ccc([C@H]2C(C(=O)Nc3ccccc3C)=C(C)NC3=C2C(=O)CC(C)(C)C3)cc1. The van der Waals surface area contributed by atoms with Crippen LogP contribution in [0.3, 0.4) is 0 Å². The number of amides is 1. The number of carbonyl (C=O) groups is 2. The van der Waals surface area contributed by atoms with E-state index in [1.54, 1.807) is 0 Å². The van der Waals surface area contributed by atoms with E-state index in [-0.39, 0.29) is 23.0 Å². The molecule has 2 aromatic carbocycles. The lowest BCUT2D eigenvalue weighted by Gasteiger charge is -2.39. The Hall–Kier alpha value is -3.14. The van der Waals surface area contributed by atoms with Gasteiger partial charge in [0.1, 0.15) is 0 Å². The minimum Gasteiger partial charge on any atom is -0.362 e. The molecule has 4 rings (SSSR count). The van der Waals surface area contributed by atoms with Crippen LogP contribution in [0.1, 0.15) is 63.1 Å². The summed E-state index contributed by atoms with van der Waals surface area (Å²) in [5, 5.41) is 6.52. The molecule has 32 heavy (non-hydrogen) atoms. The minimum atomic E-state index is -0.371. The third-order valence-corrected chi connectivity index (χ3v) is 6.60. The van der Waals surface area contributed by atoms with Crippen molar-refractivity contribution in [2.24, 2.45) is 5.41 Å². The predicted molar refractivity (Wildman–Crippen MR) is 129 cm³/mol. The van der Waals surface area contributed by atoms with Crippen molar-refractivity contribution in [3.8, 4) is 0 Å². The topological polar surface area (TPSA) is 58.2 Å². The zero-order chi connectivity index (χ0) is 23.0. The normalized spacial score (nSPS) is 20.0. The van der Waals surface area contributed by atoms with Crippen molar-refractivity contribution in [1.29, 1.82) is 0 Å². The highest BCUT2D eigenvalue weighted by Gasteiger charge is 2.42. The number of ketones is 1. The number of carbonyl (C=O) groups excluding carboxylic acids is 2. The molecule has 1 amide bonds. The molecule has 2 aliphatic rings. The summed E-state index contributed by atoms with van der Waals surface area (Å²) < 4.78 is 0. The number of hydrogen-bond acceptors (Lipinski definition) is 3. The van der Waals surface area contributed by atoms with Gasteiger partial charge in [0.15, 0.2) is 5.78 Å². The van der Waals surface area contributed by atoms with Gasteiger partial charge in [0, 0.05) is 40.6 Å². The van der Waals surface area contributed by atoms with Crippen LogP contribution in [0.25, 0.3) is 0 Å². The Balaban J connectivity index is 1.81. The summed E-state index contributed by atoms with van der Waals surface area (Å²) in [5.41, 5.74) is 7.04. The third-order valence-electron chi connectivity index (χ3n) is 6.60. The molecule has 0 radical (unpaired) electrons. The van der Waals surface area contributed by atoms with E-state index in [0.717, 1.165) is 46.6 Å². The molecule has 0 unspecified atom stereocenters. The number of allylic oxidation sites excluding steroid dienone is 3. The van der Waals surface area contributed by atoms with Crippen LogP contribution >= 0.6 is 0 Å². The van der Waals surface area contributed by atoms with Crippen LogP contribution in [0.4, 0.5) is 5.69 Å². The van der Waals surface area contributed by atoms with Crippen LogP contribution < -0.4 is 10.6 Å². The van der Waals surface area contributed by atoms with Crippen molar-refractivity contribution in [2.45, 2.75) is 59.8 Å². The smallest absolute Gasteiger partial charge is 0.254 e. The second-order valence-corrected chi connectivity index (χ2v) is 9.79. The first-order valence-corrected chi connectivity index (χ1v) is 11.4. The summed E-state index contributed by atoms with van der Waals surface area (Å²) in [6.45, 7) is 10.3. The molecule has 1 atom stereocenters. The van der Waals surface area contributed by atoms with E-state index in [2.05, 4.69) is 55.7 Å². The summed E-state index contributed by atoms with van der Waals surface area (Å²) in [4.78, 5) is 27.0. The second-order valence-electron chi connectivity index (χ2n) is 9.79. The fourth-order valence-electron chi connectivity index (χ4n) is 4.92. The van der Waals surface area contributed by atoms with Gasteiger partial charge in [-0.1, -0.05) is 63.2 Å². The molecule has 0 saturated heterocycles. The Kier molecular flexibility index (Phi) is 5.81. The van der Waals surface area contributed by atoms with Crippen LogP contribution in [-0.4, -0.2) is 11.7 Å². The highest BCUT2D eigenvalue weighted by atomic mass is 16.2. The predicted octanol–water partition coefficient (Wildman–Crippen LogP) is 5.80. The minimum absolute atomic E-state index is 0.0965. The monoisotopic (exact) mass is 428 g/mol. The number of aryl methyl sites for hydroxylation is 2. The molecule has 1 aliphatic carbocycles. The van der Waals surface area contributed by atoms with Gasteiger partial charge < -0.3 is 10.6 Å². The third kappa shape index (κ3) is 4.14. The molecule has 0 aromatic heterocycles. The standard InChI is InChI=1S/C28H32N2O2/c1-6-19-11-13-20(14-12-19)25-24(27(32)30-21-10-8-7-9-17(21)2)18(3)29-22-15-28(4,5)16-23(31)26(22)25/h7-14,25,29H,6,15-16H2,1-5H3,(H,30,32)/t25-/m0/s1. The molecular weight excluding hydrogens is 396 g/mol. The van der Waals surface area contributed by atoms with E-state index in [1.165, 1.54) is 5.56 Å². The maximum absolute atomic E-state index is 13.6. The van der Waals surface area contributed by atoms with E-state index in [4.69, 9.17) is 0 Å². The Labute approximate surface area is 190 Å². The average molecular weight is 429 g/mol. The largest absolute Gasteiger partial charge is 0.362 e. The number of nitrogens with one attached hydrogen (secondary N) is 2. The molecule has 2 aromatic rings. The van der Waals surface area contributed by atoms with Gasteiger partial charge in [-0.15, -0.1) is 0 Å². The average Bonchev–Trinajstić information content (AvgIpc) is 2.73. The molecule has 4 nitrogen and oxygen atoms in total. The fraction of sp³-hybridized carbons (Fsp3) is 0.357. The van der Waals surface area contributed by atoms with Gasteiger partial charge in [0.25, 0.3) is 5.91 Å². The molecular formula is C28H32N2O2. The van der Waals surface area contributed by atoms with E-state index in [0.29, 0.717) is 12.0 Å². The molecule has 0 saturated carbocycles. The number of dihydropyridines is 1. The zero-order valence-corrected chi connectivity index (χ0v) is 19.6. The van der Waals surface area contributed by atoms with Crippen LogP contribution in [0.15, 0.2) is 71.1 Å². The van der Waals surface area contributed by atoms with E-state index in [1.807, 2.05) is 38.1 Å². The number of rotatable bonds is 4. The Bertz CT molecular complexity index is 1140. The van der Waals surface area contributed by atoms with E-state index < -0.39 is 0 Å². The molecule has 2 N–H and O–H groups in total. The van der Waals surface area contributed by atoms with Gasteiger partial charge in [-0.25, -0.2) is 0 Å². The lowest BCUT2D eigenvalue weighted by molar-refractivity contribution is -0.118. The fourth-order valence-corrected chi connectivity index (χ4v) is 4.92. The van der Waals surface area contributed by atoms with Crippen molar-refractivity contribution in [1.82, 2.24) is 5.32 Å². The van der Waals surface area contributed by atoms with Crippen LogP contribution in [-0.2, 0) is 16.0 Å². The number of Topliss-reactive ketones (excluding diaryl/α,β-unsaturated/α-hetero) is 1. The lowest BCUT2D eigenvalue weighted by atomic mass is 9.68. The summed E-state index contributed by atoms with van der Waals surface area (Å²) in [5.74, 6) is -0.412. The van der Waals surface area contributed by atoms with Gasteiger partial charge in [-0.2, -0.15) is 0 Å². The Morgan fingerprint density at radius 3 is 2.41 bits per heavy atom. The number of benzene rings is 2. The molecule has 166 valence electrons. The number of anilines is 1. The summed E-state index contributed by atoms with van der Waals surface area (Å²) in [6.07, 6.45) is 2.23. The molecule has 0 fully saturated rings. The number of hydrogen-bond donors (Lipinski definition) is 2. The summed E-state index contributed by atoms with van der Waals surface area (Å²) >= 11 is 0. The van der Waals surface area contributed by atoms with Gasteiger partial charge in [0.2, 0.25) is 0 Å². The van der Waals surface area contributed by atoms with E-state index >= 15 is 0 Å².